The fourth-order valence-electron chi connectivity index (χ4n) is 1.70. The number of nitrogens with zero attached hydrogens (tertiary/aromatic N) is 2. The molecule has 0 aliphatic carbocycles. The first kappa shape index (κ1) is 14.0. The number of carbonyl (C=O) groups is 1. The predicted octanol–water partition coefficient (Wildman–Crippen LogP) is 2.12. The Morgan fingerprint density at radius 3 is 2.44 bits per heavy atom. The van der Waals surface area contributed by atoms with Crippen LogP contribution in [0.5, 0.6) is 0 Å². The summed E-state index contributed by atoms with van der Waals surface area (Å²) in [5, 5.41) is 13.8. The molecule has 0 saturated carbocycles. The monoisotopic (exact) mass is 251 g/mol. The molecule has 0 spiro atoms. The Bertz CT molecular complexity index is 456. The second-order valence-corrected chi connectivity index (χ2v) is 3.72. The first-order valence-corrected chi connectivity index (χ1v) is 5.80. The summed E-state index contributed by atoms with van der Waals surface area (Å²) in [6.45, 7) is 4.73. The van der Waals surface area contributed by atoms with Crippen molar-refractivity contribution in [2.45, 2.75) is 13.8 Å². The SMILES string of the molecule is CCN(CC)C(=O)c1cc(NC)ccc1[N+](=O)[O-]. The van der Waals surface area contributed by atoms with E-state index in [1.807, 2.05) is 13.8 Å². The summed E-state index contributed by atoms with van der Waals surface area (Å²) in [7, 11) is 1.70. The van der Waals surface area contributed by atoms with Crippen molar-refractivity contribution in [3.8, 4) is 0 Å². The van der Waals surface area contributed by atoms with E-state index in [9.17, 15) is 14.9 Å². The maximum Gasteiger partial charge on any atom is 0.282 e. The number of nitro groups is 1. The lowest BCUT2D eigenvalue weighted by Gasteiger charge is -2.18. The first-order valence-electron chi connectivity index (χ1n) is 5.80. The molecular weight excluding hydrogens is 234 g/mol. The summed E-state index contributed by atoms with van der Waals surface area (Å²) in [5.74, 6) is -0.316. The number of amides is 1. The van der Waals surface area contributed by atoms with E-state index in [0.29, 0.717) is 18.8 Å². The normalized spacial score (nSPS) is 9.94. The largest absolute Gasteiger partial charge is 0.388 e. The molecule has 0 aliphatic heterocycles. The highest BCUT2D eigenvalue weighted by Gasteiger charge is 2.23. The van der Waals surface area contributed by atoms with Gasteiger partial charge < -0.3 is 10.2 Å². The molecule has 98 valence electrons. The Balaban J connectivity index is 3.26. The molecule has 1 aromatic rings. The number of nitro benzene ring substituents is 1. The van der Waals surface area contributed by atoms with Gasteiger partial charge in [-0.15, -0.1) is 0 Å². The molecule has 0 fully saturated rings. The molecule has 18 heavy (non-hydrogen) atoms. The van der Waals surface area contributed by atoms with Gasteiger partial charge in [-0.2, -0.15) is 0 Å². The van der Waals surface area contributed by atoms with E-state index in [2.05, 4.69) is 5.32 Å². The molecule has 0 radical (unpaired) electrons. The molecule has 0 atom stereocenters. The van der Waals surface area contributed by atoms with E-state index in [1.165, 1.54) is 12.1 Å². The summed E-state index contributed by atoms with van der Waals surface area (Å²) in [4.78, 5) is 24.2. The van der Waals surface area contributed by atoms with Gasteiger partial charge in [0.15, 0.2) is 0 Å². The van der Waals surface area contributed by atoms with E-state index >= 15 is 0 Å². The van der Waals surface area contributed by atoms with Gasteiger partial charge in [-0.25, -0.2) is 0 Å². The van der Waals surface area contributed by atoms with Gasteiger partial charge in [0, 0.05) is 31.9 Å². The molecular formula is C12H17N3O3. The third-order valence-corrected chi connectivity index (χ3v) is 2.76. The second kappa shape index (κ2) is 6.00. The van der Waals surface area contributed by atoms with Gasteiger partial charge in [-0.3, -0.25) is 14.9 Å². The van der Waals surface area contributed by atoms with Crippen LogP contribution in [-0.2, 0) is 0 Å². The van der Waals surface area contributed by atoms with Crippen molar-refractivity contribution < 1.29 is 9.72 Å². The lowest BCUT2D eigenvalue weighted by Crippen LogP contribution is -2.31. The minimum Gasteiger partial charge on any atom is -0.388 e. The van der Waals surface area contributed by atoms with Crippen LogP contribution < -0.4 is 5.32 Å². The van der Waals surface area contributed by atoms with Gasteiger partial charge in [0.1, 0.15) is 5.56 Å². The first-order chi connectivity index (χ1) is 8.54. The molecule has 1 N–H and O–H groups in total. The van der Waals surface area contributed by atoms with Crippen molar-refractivity contribution in [3.05, 3.63) is 33.9 Å². The van der Waals surface area contributed by atoms with E-state index in [4.69, 9.17) is 0 Å². The van der Waals surface area contributed by atoms with Crippen molar-refractivity contribution >= 4 is 17.3 Å². The fourth-order valence-corrected chi connectivity index (χ4v) is 1.70. The Hall–Kier alpha value is -2.11. The summed E-state index contributed by atoms with van der Waals surface area (Å²) in [6.07, 6.45) is 0. The van der Waals surface area contributed by atoms with E-state index in [0.717, 1.165) is 0 Å². The minimum absolute atomic E-state index is 0.121. The molecule has 0 bridgehead atoms. The molecule has 6 heteroatoms. The van der Waals surface area contributed by atoms with Gasteiger partial charge in [-0.05, 0) is 26.0 Å². The average Bonchev–Trinajstić information content (AvgIpc) is 2.39. The predicted molar refractivity (Wildman–Crippen MR) is 69.9 cm³/mol. The molecule has 1 rings (SSSR count). The van der Waals surface area contributed by atoms with Gasteiger partial charge in [0.2, 0.25) is 0 Å². The topological polar surface area (TPSA) is 75.5 Å². The summed E-state index contributed by atoms with van der Waals surface area (Å²) in [6, 6.07) is 4.44. The van der Waals surface area contributed by atoms with Crippen LogP contribution in [0.25, 0.3) is 0 Å². The van der Waals surface area contributed by atoms with Crippen LogP contribution in [0.3, 0.4) is 0 Å². The number of benzene rings is 1. The minimum atomic E-state index is -0.532. The molecule has 0 unspecified atom stereocenters. The van der Waals surface area contributed by atoms with E-state index in [-0.39, 0.29) is 17.2 Å². The Morgan fingerprint density at radius 1 is 1.39 bits per heavy atom. The zero-order valence-electron chi connectivity index (χ0n) is 10.8. The van der Waals surface area contributed by atoms with Crippen LogP contribution in [-0.4, -0.2) is 35.9 Å². The molecule has 0 aliphatic rings. The highest BCUT2D eigenvalue weighted by molar-refractivity contribution is 5.99. The van der Waals surface area contributed by atoms with Crippen molar-refractivity contribution in [2.24, 2.45) is 0 Å². The van der Waals surface area contributed by atoms with Crippen molar-refractivity contribution in [1.82, 2.24) is 4.90 Å². The summed E-state index contributed by atoms with van der Waals surface area (Å²) in [5.41, 5.74) is 0.637. The maximum absolute atomic E-state index is 12.2. The molecule has 1 amide bonds. The van der Waals surface area contributed by atoms with Gasteiger partial charge in [0.25, 0.3) is 11.6 Å². The second-order valence-electron chi connectivity index (χ2n) is 3.72. The fraction of sp³-hybridized carbons (Fsp3) is 0.417. The van der Waals surface area contributed by atoms with Gasteiger partial charge in [-0.1, -0.05) is 0 Å². The highest BCUT2D eigenvalue weighted by Crippen LogP contribution is 2.23. The summed E-state index contributed by atoms with van der Waals surface area (Å²) >= 11 is 0. The zero-order valence-corrected chi connectivity index (χ0v) is 10.8. The van der Waals surface area contributed by atoms with Crippen molar-refractivity contribution in [1.29, 1.82) is 0 Å². The molecule has 0 aromatic heterocycles. The Morgan fingerprint density at radius 2 is 2.00 bits per heavy atom. The molecule has 0 heterocycles. The van der Waals surface area contributed by atoms with Crippen LogP contribution >= 0.6 is 0 Å². The zero-order chi connectivity index (χ0) is 13.7. The molecule has 6 nitrogen and oxygen atoms in total. The van der Waals surface area contributed by atoms with E-state index < -0.39 is 4.92 Å². The average molecular weight is 251 g/mol. The number of nitrogens with one attached hydrogen (secondary N) is 1. The quantitative estimate of drug-likeness (QED) is 0.642. The summed E-state index contributed by atoms with van der Waals surface area (Å²) < 4.78 is 0. The van der Waals surface area contributed by atoms with Crippen LogP contribution in [0, 0.1) is 10.1 Å². The van der Waals surface area contributed by atoms with E-state index in [1.54, 1.807) is 18.0 Å². The lowest BCUT2D eigenvalue weighted by molar-refractivity contribution is -0.385. The maximum atomic E-state index is 12.2. The third kappa shape index (κ3) is 2.77. The van der Waals surface area contributed by atoms with Crippen molar-refractivity contribution in [3.63, 3.8) is 0 Å². The van der Waals surface area contributed by atoms with Crippen LogP contribution in [0.1, 0.15) is 24.2 Å². The number of carbonyl (C=O) groups excluding carboxylic acids is 1. The van der Waals surface area contributed by atoms with Crippen LogP contribution in [0.2, 0.25) is 0 Å². The van der Waals surface area contributed by atoms with Gasteiger partial charge in [0.05, 0.1) is 4.92 Å². The van der Waals surface area contributed by atoms with Crippen LogP contribution in [0.15, 0.2) is 18.2 Å². The third-order valence-electron chi connectivity index (χ3n) is 2.76. The van der Waals surface area contributed by atoms with Crippen molar-refractivity contribution in [2.75, 3.05) is 25.5 Å². The highest BCUT2D eigenvalue weighted by atomic mass is 16.6. The Kier molecular flexibility index (Phi) is 4.65. The standard InChI is InChI=1S/C12H17N3O3/c1-4-14(5-2)12(16)10-8-9(13-3)6-7-11(10)15(17)18/h6-8,13H,4-5H2,1-3H3. The molecule has 1 aromatic carbocycles. The number of anilines is 1. The number of rotatable bonds is 5. The number of hydrogen-bond acceptors (Lipinski definition) is 4. The van der Waals surface area contributed by atoms with Crippen LogP contribution in [0.4, 0.5) is 11.4 Å². The van der Waals surface area contributed by atoms with Gasteiger partial charge >= 0.3 is 0 Å². The lowest BCUT2D eigenvalue weighted by atomic mass is 10.1. The Labute approximate surface area is 106 Å². The molecule has 0 saturated heterocycles. The smallest absolute Gasteiger partial charge is 0.282 e. The number of hydrogen-bond donors (Lipinski definition) is 1.